The van der Waals surface area contributed by atoms with E-state index in [1.165, 1.54) is 11.4 Å². The van der Waals surface area contributed by atoms with Crippen LogP contribution in [0.2, 0.25) is 5.02 Å². The number of hydrogen-bond donors (Lipinski definition) is 2. The predicted molar refractivity (Wildman–Crippen MR) is 115 cm³/mol. The first-order valence-electron chi connectivity index (χ1n) is 9.53. The number of aliphatic imine (C=N–C) groups is 1. The van der Waals surface area contributed by atoms with Gasteiger partial charge in [-0.3, -0.25) is 4.99 Å². The zero-order chi connectivity index (χ0) is 19.5. The van der Waals surface area contributed by atoms with E-state index in [1.54, 1.807) is 7.05 Å². The van der Waals surface area contributed by atoms with E-state index in [0.29, 0.717) is 12.6 Å². The molecule has 1 aromatic carbocycles. The normalized spacial score (nSPS) is 17.3. The Morgan fingerprint density at radius 2 is 2.14 bits per heavy atom. The zero-order valence-electron chi connectivity index (χ0n) is 16.2. The largest absolute Gasteiger partial charge is 0.369 e. The zero-order valence-corrected chi connectivity index (χ0v) is 16.9. The van der Waals surface area contributed by atoms with Crippen LogP contribution in [0.15, 0.2) is 53.7 Å². The van der Waals surface area contributed by atoms with Crippen LogP contribution in [0, 0.1) is 6.92 Å². The Bertz CT molecular complexity index is 995. The number of fused-ring (bicyclic) bond motifs is 1. The van der Waals surface area contributed by atoms with E-state index in [-0.39, 0.29) is 0 Å². The average Bonchev–Trinajstić information content (AvgIpc) is 3.32. The van der Waals surface area contributed by atoms with Crippen LogP contribution in [0.25, 0.3) is 5.65 Å². The van der Waals surface area contributed by atoms with Crippen LogP contribution in [-0.4, -0.2) is 41.5 Å². The minimum Gasteiger partial charge on any atom is -0.369 e. The number of aromatic nitrogens is 2. The van der Waals surface area contributed by atoms with Gasteiger partial charge in [-0.05, 0) is 43.7 Å². The van der Waals surface area contributed by atoms with Crippen LogP contribution in [0.3, 0.4) is 0 Å². The summed E-state index contributed by atoms with van der Waals surface area (Å²) >= 11 is 6.13. The third kappa shape index (κ3) is 4.07. The third-order valence-corrected chi connectivity index (χ3v) is 5.34. The van der Waals surface area contributed by atoms with Gasteiger partial charge in [0.1, 0.15) is 5.65 Å². The molecule has 0 saturated carbocycles. The number of benzene rings is 1. The average molecular weight is 397 g/mol. The van der Waals surface area contributed by atoms with E-state index in [1.807, 2.05) is 30.3 Å². The molecule has 1 fully saturated rings. The molecule has 0 aliphatic carbocycles. The Kier molecular flexibility index (Phi) is 5.39. The molecule has 146 valence electrons. The van der Waals surface area contributed by atoms with Gasteiger partial charge >= 0.3 is 0 Å². The molecular formula is C21H25ClN6. The molecule has 1 atom stereocenters. The minimum absolute atomic E-state index is 0.341. The van der Waals surface area contributed by atoms with Crippen molar-refractivity contribution >= 4 is 28.9 Å². The molecule has 2 aromatic heterocycles. The first-order chi connectivity index (χ1) is 13.6. The lowest BCUT2D eigenvalue weighted by atomic mass is 10.2. The summed E-state index contributed by atoms with van der Waals surface area (Å²) in [7, 11) is 1.80. The molecule has 1 unspecified atom stereocenters. The van der Waals surface area contributed by atoms with Crippen molar-refractivity contribution in [3.05, 3.63) is 65.1 Å². The van der Waals surface area contributed by atoms with E-state index in [2.05, 4.69) is 55.2 Å². The molecule has 0 bridgehead atoms. The number of halogens is 1. The number of anilines is 1. The highest BCUT2D eigenvalue weighted by molar-refractivity contribution is 6.30. The van der Waals surface area contributed by atoms with Crippen LogP contribution >= 0.6 is 11.6 Å². The molecule has 3 heterocycles. The summed E-state index contributed by atoms with van der Waals surface area (Å²) in [5.41, 5.74) is 4.29. The number of rotatable bonds is 4. The van der Waals surface area contributed by atoms with E-state index < -0.39 is 0 Å². The van der Waals surface area contributed by atoms with Crippen LogP contribution in [0.4, 0.5) is 5.69 Å². The summed E-state index contributed by atoms with van der Waals surface area (Å²) in [6.45, 7) is 4.64. The molecular weight excluding hydrogens is 372 g/mol. The molecule has 7 heteroatoms. The smallest absolute Gasteiger partial charge is 0.191 e. The van der Waals surface area contributed by atoms with Crippen LogP contribution in [0.1, 0.15) is 17.8 Å². The lowest BCUT2D eigenvalue weighted by Crippen LogP contribution is -2.44. The quantitative estimate of drug-likeness (QED) is 0.525. The molecule has 0 amide bonds. The lowest BCUT2D eigenvalue weighted by molar-refractivity contribution is 0.647. The second-order valence-electron chi connectivity index (χ2n) is 7.11. The summed E-state index contributed by atoms with van der Waals surface area (Å²) in [6.07, 6.45) is 3.13. The number of hydrogen-bond acceptors (Lipinski definition) is 3. The van der Waals surface area contributed by atoms with Crippen molar-refractivity contribution in [3.63, 3.8) is 0 Å². The first-order valence-corrected chi connectivity index (χ1v) is 9.91. The Balaban J connectivity index is 1.34. The van der Waals surface area contributed by atoms with Gasteiger partial charge in [-0.15, -0.1) is 0 Å². The van der Waals surface area contributed by atoms with Crippen molar-refractivity contribution < 1.29 is 0 Å². The van der Waals surface area contributed by atoms with Gasteiger partial charge in [0, 0.05) is 48.8 Å². The fraction of sp³-hybridized carbons (Fsp3) is 0.333. The molecule has 28 heavy (non-hydrogen) atoms. The van der Waals surface area contributed by atoms with Crippen LogP contribution in [-0.2, 0) is 6.54 Å². The highest BCUT2D eigenvalue weighted by Crippen LogP contribution is 2.23. The number of imidazole rings is 1. The van der Waals surface area contributed by atoms with Gasteiger partial charge in [0.25, 0.3) is 0 Å². The summed E-state index contributed by atoms with van der Waals surface area (Å²) in [5, 5.41) is 7.68. The summed E-state index contributed by atoms with van der Waals surface area (Å²) in [6, 6.07) is 14.5. The molecule has 0 radical (unpaired) electrons. The van der Waals surface area contributed by atoms with Gasteiger partial charge < -0.3 is 19.9 Å². The molecule has 6 nitrogen and oxygen atoms in total. The van der Waals surface area contributed by atoms with Crippen molar-refractivity contribution in [2.75, 3.05) is 25.0 Å². The lowest BCUT2D eigenvalue weighted by Gasteiger charge is -2.20. The van der Waals surface area contributed by atoms with Gasteiger partial charge in [-0.1, -0.05) is 23.7 Å². The highest BCUT2D eigenvalue weighted by Gasteiger charge is 2.23. The first kappa shape index (κ1) is 18.6. The highest BCUT2D eigenvalue weighted by atomic mass is 35.5. The molecule has 3 aromatic rings. The molecule has 1 aliphatic heterocycles. The topological polar surface area (TPSA) is 57.0 Å². The van der Waals surface area contributed by atoms with Gasteiger partial charge in [-0.25, -0.2) is 4.98 Å². The molecule has 2 N–H and O–H groups in total. The fourth-order valence-electron chi connectivity index (χ4n) is 3.63. The second-order valence-corrected chi connectivity index (χ2v) is 7.55. The summed E-state index contributed by atoms with van der Waals surface area (Å²) < 4.78 is 2.10. The van der Waals surface area contributed by atoms with Crippen molar-refractivity contribution in [2.45, 2.75) is 25.9 Å². The number of nitrogens with one attached hydrogen (secondary N) is 2. The standard InChI is InChI=1S/C21H25ClN6/c1-15-5-3-8-20-25-18(14-28(15)20)12-24-21(23-2)26-17-9-10-27(13-17)19-7-4-6-16(22)11-19/h3-8,11,14,17H,9-10,12-13H2,1-2H3,(H2,23,24,26). The Morgan fingerprint density at radius 1 is 1.29 bits per heavy atom. The minimum atomic E-state index is 0.341. The van der Waals surface area contributed by atoms with Crippen LogP contribution in [0.5, 0.6) is 0 Å². The number of nitrogens with zero attached hydrogens (tertiary/aromatic N) is 4. The number of aryl methyl sites for hydroxylation is 1. The van der Waals surface area contributed by atoms with E-state index >= 15 is 0 Å². The second kappa shape index (κ2) is 8.10. The fourth-order valence-corrected chi connectivity index (χ4v) is 3.82. The maximum atomic E-state index is 6.13. The predicted octanol–water partition coefficient (Wildman–Crippen LogP) is 3.24. The summed E-state index contributed by atoms with van der Waals surface area (Å²) in [4.78, 5) is 11.4. The van der Waals surface area contributed by atoms with E-state index in [9.17, 15) is 0 Å². The summed E-state index contributed by atoms with van der Waals surface area (Å²) in [5.74, 6) is 0.798. The van der Waals surface area contributed by atoms with Gasteiger partial charge in [0.15, 0.2) is 5.96 Å². The third-order valence-electron chi connectivity index (χ3n) is 5.11. The van der Waals surface area contributed by atoms with Gasteiger partial charge in [0.05, 0.1) is 12.2 Å². The number of guanidine groups is 1. The van der Waals surface area contributed by atoms with Crippen molar-refractivity contribution in [3.8, 4) is 0 Å². The Labute approximate surface area is 170 Å². The maximum absolute atomic E-state index is 6.13. The Hall–Kier alpha value is -2.73. The van der Waals surface area contributed by atoms with E-state index in [4.69, 9.17) is 11.6 Å². The molecule has 1 saturated heterocycles. The number of pyridine rings is 1. The Morgan fingerprint density at radius 3 is 2.93 bits per heavy atom. The van der Waals surface area contributed by atoms with Crippen molar-refractivity contribution in [1.29, 1.82) is 0 Å². The monoisotopic (exact) mass is 396 g/mol. The molecule has 4 rings (SSSR count). The van der Waals surface area contributed by atoms with Crippen molar-refractivity contribution in [2.24, 2.45) is 4.99 Å². The molecule has 0 spiro atoms. The van der Waals surface area contributed by atoms with Crippen molar-refractivity contribution in [1.82, 2.24) is 20.0 Å². The SMILES string of the molecule is CN=C(NCc1cn2c(C)cccc2n1)NC1CCN(c2cccc(Cl)c2)C1. The molecule has 1 aliphatic rings. The van der Waals surface area contributed by atoms with Gasteiger partial charge in [-0.2, -0.15) is 0 Å². The maximum Gasteiger partial charge on any atom is 0.191 e. The van der Waals surface area contributed by atoms with E-state index in [0.717, 1.165) is 41.8 Å². The van der Waals surface area contributed by atoms with Gasteiger partial charge in [0.2, 0.25) is 0 Å². The van der Waals surface area contributed by atoms with Crippen LogP contribution < -0.4 is 15.5 Å².